The van der Waals surface area contributed by atoms with E-state index in [1.165, 1.54) is 16.9 Å². The molecule has 0 aliphatic carbocycles. The number of carbonyl (C=O) groups excluding carboxylic acids is 2. The monoisotopic (exact) mass is 400 g/mol. The van der Waals surface area contributed by atoms with Gasteiger partial charge < -0.3 is 9.30 Å². The number of hydrogen-bond acceptors (Lipinski definition) is 4. The standard InChI is InChI=1S/C20H17ClN2O3S/c1-14-2-4-15(5-3-14)12-23-10-11-27-20(23)22-18(24)13-26-19(25)16-6-8-17(21)9-7-16/h2-11H,12-13H2,1H3. The summed E-state index contributed by atoms with van der Waals surface area (Å²) in [6.07, 6.45) is 1.87. The van der Waals surface area contributed by atoms with Crippen LogP contribution in [0.1, 0.15) is 21.5 Å². The molecule has 0 spiro atoms. The van der Waals surface area contributed by atoms with Crippen molar-refractivity contribution in [1.29, 1.82) is 0 Å². The van der Waals surface area contributed by atoms with Crippen LogP contribution in [0.15, 0.2) is 65.1 Å². The van der Waals surface area contributed by atoms with Crippen molar-refractivity contribution in [3.63, 3.8) is 0 Å². The van der Waals surface area contributed by atoms with Crippen molar-refractivity contribution in [2.24, 2.45) is 4.99 Å². The van der Waals surface area contributed by atoms with Gasteiger partial charge in [-0.3, -0.25) is 4.79 Å². The van der Waals surface area contributed by atoms with E-state index in [0.29, 0.717) is 21.9 Å². The maximum atomic E-state index is 12.1. The normalized spacial score (nSPS) is 11.4. The van der Waals surface area contributed by atoms with E-state index in [0.717, 1.165) is 5.56 Å². The summed E-state index contributed by atoms with van der Waals surface area (Å²) in [6, 6.07) is 14.4. The molecule has 138 valence electrons. The van der Waals surface area contributed by atoms with Gasteiger partial charge in [-0.2, -0.15) is 4.99 Å². The molecule has 1 amide bonds. The van der Waals surface area contributed by atoms with E-state index < -0.39 is 18.5 Å². The lowest BCUT2D eigenvalue weighted by Gasteiger charge is -2.04. The molecule has 0 fully saturated rings. The molecule has 3 aromatic rings. The van der Waals surface area contributed by atoms with Crippen molar-refractivity contribution in [2.45, 2.75) is 13.5 Å². The molecule has 1 aromatic heterocycles. The zero-order valence-corrected chi connectivity index (χ0v) is 16.2. The molecule has 7 heteroatoms. The van der Waals surface area contributed by atoms with Crippen LogP contribution in [0.25, 0.3) is 0 Å². The van der Waals surface area contributed by atoms with E-state index in [4.69, 9.17) is 16.3 Å². The van der Waals surface area contributed by atoms with E-state index in [1.54, 1.807) is 24.3 Å². The molecule has 0 N–H and O–H groups in total. The first-order valence-corrected chi connectivity index (χ1v) is 9.47. The van der Waals surface area contributed by atoms with Crippen LogP contribution >= 0.6 is 22.9 Å². The number of rotatable bonds is 5. The Morgan fingerprint density at radius 1 is 1.11 bits per heavy atom. The highest BCUT2D eigenvalue weighted by molar-refractivity contribution is 7.07. The van der Waals surface area contributed by atoms with Crippen molar-refractivity contribution in [1.82, 2.24) is 4.57 Å². The lowest BCUT2D eigenvalue weighted by Crippen LogP contribution is -2.20. The predicted octanol–water partition coefficient (Wildman–Crippen LogP) is 3.84. The Morgan fingerprint density at radius 3 is 2.52 bits per heavy atom. The molecule has 0 saturated heterocycles. The Morgan fingerprint density at radius 2 is 1.81 bits per heavy atom. The number of aryl methyl sites for hydroxylation is 1. The van der Waals surface area contributed by atoms with Gasteiger partial charge in [0.05, 0.1) is 5.56 Å². The van der Waals surface area contributed by atoms with Gasteiger partial charge in [0.2, 0.25) is 0 Å². The fourth-order valence-corrected chi connectivity index (χ4v) is 3.20. The molecule has 1 heterocycles. The van der Waals surface area contributed by atoms with E-state index in [-0.39, 0.29) is 0 Å². The molecule has 3 rings (SSSR count). The number of ether oxygens (including phenoxy) is 1. The maximum absolute atomic E-state index is 12.1. The molecule has 0 aliphatic rings. The third kappa shape index (κ3) is 5.39. The third-order valence-electron chi connectivity index (χ3n) is 3.76. The highest BCUT2D eigenvalue weighted by Crippen LogP contribution is 2.10. The highest BCUT2D eigenvalue weighted by Gasteiger charge is 2.10. The molecule has 2 aromatic carbocycles. The SMILES string of the molecule is Cc1ccc(Cn2ccsc2=NC(=O)COC(=O)c2ccc(Cl)cc2)cc1. The number of hydrogen-bond donors (Lipinski definition) is 0. The minimum atomic E-state index is -0.589. The first kappa shape index (κ1) is 19.1. The van der Waals surface area contributed by atoms with Crippen LogP contribution in [0.5, 0.6) is 0 Å². The van der Waals surface area contributed by atoms with Crippen LogP contribution < -0.4 is 4.80 Å². The van der Waals surface area contributed by atoms with Crippen LogP contribution in [0.4, 0.5) is 0 Å². The third-order valence-corrected chi connectivity index (χ3v) is 4.81. The number of halogens is 1. The molecular weight excluding hydrogens is 384 g/mol. The van der Waals surface area contributed by atoms with Crippen molar-refractivity contribution >= 4 is 34.8 Å². The zero-order valence-electron chi connectivity index (χ0n) is 14.6. The minimum absolute atomic E-state index is 0.331. The van der Waals surface area contributed by atoms with Crippen LogP contribution in [0.3, 0.4) is 0 Å². The Balaban J connectivity index is 1.63. The number of carbonyl (C=O) groups is 2. The lowest BCUT2D eigenvalue weighted by molar-refractivity contribution is -0.121. The molecule has 0 unspecified atom stereocenters. The second-order valence-corrected chi connectivity index (χ2v) is 7.20. The summed E-state index contributed by atoms with van der Waals surface area (Å²) in [7, 11) is 0. The number of nitrogens with zero attached hydrogens (tertiary/aromatic N) is 2. The first-order chi connectivity index (χ1) is 13.0. The largest absolute Gasteiger partial charge is 0.452 e. The van der Waals surface area contributed by atoms with Gasteiger partial charge in [0, 0.05) is 23.1 Å². The number of esters is 1. The predicted molar refractivity (Wildman–Crippen MR) is 105 cm³/mol. The van der Waals surface area contributed by atoms with Gasteiger partial charge in [0.1, 0.15) is 0 Å². The fourth-order valence-electron chi connectivity index (χ4n) is 2.33. The Hall–Kier alpha value is -2.70. The lowest BCUT2D eigenvalue weighted by atomic mass is 10.1. The molecule has 0 radical (unpaired) electrons. The maximum Gasteiger partial charge on any atom is 0.338 e. The van der Waals surface area contributed by atoms with Gasteiger partial charge in [0.25, 0.3) is 5.91 Å². The van der Waals surface area contributed by atoms with Gasteiger partial charge in [-0.1, -0.05) is 41.4 Å². The van der Waals surface area contributed by atoms with Crippen molar-refractivity contribution in [2.75, 3.05) is 6.61 Å². The zero-order chi connectivity index (χ0) is 19.2. The Labute approximate surface area is 165 Å². The van der Waals surface area contributed by atoms with Gasteiger partial charge in [-0.05, 0) is 36.8 Å². The molecule has 0 aliphatic heterocycles. The second kappa shape index (κ2) is 8.79. The van der Waals surface area contributed by atoms with Crippen LogP contribution in [-0.4, -0.2) is 23.1 Å². The summed E-state index contributed by atoms with van der Waals surface area (Å²) in [5, 5.41) is 2.38. The summed E-state index contributed by atoms with van der Waals surface area (Å²) in [6.45, 7) is 2.23. The van der Waals surface area contributed by atoms with Crippen LogP contribution in [-0.2, 0) is 16.1 Å². The van der Waals surface area contributed by atoms with Crippen molar-refractivity contribution < 1.29 is 14.3 Å². The number of thiazole rings is 1. The molecule has 0 bridgehead atoms. The molecule has 27 heavy (non-hydrogen) atoms. The van der Waals surface area contributed by atoms with Gasteiger partial charge in [0.15, 0.2) is 11.4 Å². The van der Waals surface area contributed by atoms with Crippen LogP contribution in [0.2, 0.25) is 5.02 Å². The van der Waals surface area contributed by atoms with E-state index in [9.17, 15) is 9.59 Å². The number of aromatic nitrogens is 1. The summed E-state index contributed by atoms with van der Waals surface area (Å²) < 4.78 is 6.90. The van der Waals surface area contributed by atoms with Crippen molar-refractivity contribution in [3.8, 4) is 0 Å². The summed E-state index contributed by atoms with van der Waals surface area (Å²) in [5.74, 6) is -1.11. The minimum Gasteiger partial charge on any atom is -0.452 e. The molecule has 0 saturated carbocycles. The average molecular weight is 401 g/mol. The van der Waals surface area contributed by atoms with Gasteiger partial charge in [-0.15, -0.1) is 11.3 Å². The highest BCUT2D eigenvalue weighted by atomic mass is 35.5. The molecular formula is C20H17ClN2O3S. The van der Waals surface area contributed by atoms with Gasteiger partial charge in [-0.25, -0.2) is 4.79 Å². The number of amides is 1. The summed E-state index contributed by atoms with van der Waals surface area (Å²) >= 11 is 7.13. The second-order valence-electron chi connectivity index (χ2n) is 5.89. The summed E-state index contributed by atoms with van der Waals surface area (Å²) in [4.78, 5) is 28.6. The van der Waals surface area contributed by atoms with E-state index in [1.807, 2.05) is 47.3 Å². The quantitative estimate of drug-likeness (QED) is 0.611. The fraction of sp³-hybridized carbons (Fsp3) is 0.150. The van der Waals surface area contributed by atoms with Gasteiger partial charge >= 0.3 is 5.97 Å². The molecule has 5 nitrogen and oxygen atoms in total. The average Bonchev–Trinajstić information content (AvgIpc) is 3.09. The smallest absolute Gasteiger partial charge is 0.338 e. The van der Waals surface area contributed by atoms with E-state index in [2.05, 4.69) is 4.99 Å². The topological polar surface area (TPSA) is 60.7 Å². The summed E-state index contributed by atoms with van der Waals surface area (Å²) in [5.41, 5.74) is 2.64. The first-order valence-electron chi connectivity index (χ1n) is 8.21. The number of benzene rings is 2. The Bertz CT molecular complexity index is 1000. The van der Waals surface area contributed by atoms with E-state index >= 15 is 0 Å². The Kier molecular flexibility index (Phi) is 6.21. The van der Waals surface area contributed by atoms with Crippen molar-refractivity contribution in [3.05, 3.63) is 86.6 Å². The molecule has 0 atom stereocenters. The van der Waals surface area contributed by atoms with Crippen LogP contribution in [0, 0.1) is 6.92 Å².